The fraction of sp³-hybridized carbons (Fsp3) is 0.348. The second-order valence-electron chi connectivity index (χ2n) is 8.43. The van der Waals surface area contributed by atoms with Crippen molar-refractivity contribution in [1.29, 1.82) is 0 Å². The van der Waals surface area contributed by atoms with Crippen molar-refractivity contribution in [3.63, 3.8) is 0 Å². The Morgan fingerprint density at radius 2 is 1.81 bits per heavy atom. The summed E-state index contributed by atoms with van der Waals surface area (Å²) in [5.41, 5.74) is -0.673. The molecule has 1 fully saturated rings. The second kappa shape index (κ2) is 11.1. The zero-order chi connectivity index (χ0) is 26.5. The van der Waals surface area contributed by atoms with Crippen LogP contribution in [-0.4, -0.2) is 67.5 Å². The summed E-state index contributed by atoms with van der Waals surface area (Å²) >= 11 is 0. The van der Waals surface area contributed by atoms with Gasteiger partial charge in [0, 0.05) is 28.9 Å². The number of carboxylic acid groups (broad SMARTS) is 1. The van der Waals surface area contributed by atoms with E-state index < -0.39 is 21.8 Å². The van der Waals surface area contributed by atoms with E-state index in [1.807, 2.05) is 12.1 Å². The lowest BCUT2D eigenvalue weighted by molar-refractivity contribution is -0.137. The molecule has 2 heterocycles. The normalized spacial score (nSPS) is 16.6. The molecule has 36 heavy (non-hydrogen) atoms. The third-order valence-electron chi connectivity index (χ3n) is 5.55. The van der Waals surface area contributed by atoms with Crippen LogP contribution in [0.3, 0.4) is 0 Å². The number of benzene rings is 2. The molecule has 1 aromatic heterocycles. The van der Waals surface area contributed by atoms with Gasteiger partial charge in [-0.3, -0.25) is 9.52 Å². The number of sulfonamides is 1. The van der Waals surface area contributed by atoms with Gasteiger partial charge in [-0.2, -0.15) is 13.2 Å². The van der Waals surface area contributed by atoms with Crippen molar-refractivity contribution in [2.75, 3.05) is 36.4 Å². The lowest BCUT2D eigenvalue weighted by Crippen LogP contribution is -2.40. The van der Waals surface area contributed by atoms with Crippen LogP contribution in [0.5, 0.6) is 0 Å². The van der Waals surface area contributed by atoms with Gasteiger partial charge in [-0.1, -0.05) is 24.3 Å². The van der Waals surface area contributed by atoms with Crippen molar-refractivity contribution in [2.45, 2.75) is 25.1 Å². The summed E-state index contributed by atoms with van der Waals surface area (Å²) in [6.45, 7) is 1.65. The van der Waals surface area contributed by atoms with Crippen LogP contribution in [0.4, 0.5) is 24.7 Å². The average molecular weight is 526 g/mol. The Bertz CT molecular complexity index is 1340. The van der Waals surface area contributed by atoms with Gasteiger partial charge in [-0.25, -0.2) is 8.42 Å². The molecule has 0 unspecified atom stereocenters. The molecule has 1 saturated heterocycles. The Kier molecular flexibility index (Phi) is 8.35. The summed E-state index contributed by atoms with van der Waals surface area (Å²) in [4.78, 5) is 10.6. The lowest BCUT2D eigenvalue weighted by atomic mass is 10.0. The monoisotopic (exact) mass is 525 g/mol. The van der Waals surface area contributed by atoms with Crippen LogP contribution in [0, 0.1) is 0 Å². The number of alkyl halides is 3. The highest BCUT2D eigenvalue weighted by Gasteiger charge is 2.32. The number of halogens is 3. The van der Waals surface area contributed by atoms with Gasteiger partial charge in [0.2, 0.25) is 10.0 Å². The molecule has 0 spiro atoms. The predicted octanol–water partition coefficient (Wildman–Crippen LogP) is 3.89. The molecule has 9 nitrogen and oxygen atoms in total. The highest BCUT2D eigenvalue weighted by molar-refractivity contribution is 7.92. The SMILES string of the molecule is CN1CCC[C@@H](Nc2nnc(-c3ccc(C(F)(F)F)cc3NS(C)(=O)=O)c3ccccc23)C1.O=CO. The molecule has 4 rings (SSSR count). The third-order valence-corrected chi connectivity index (χ3v) is 6.14. The number of likely N-dealkylation sites (N-methyl/N-ethyl adjacent to an activating group) is 1. The minimum Gasteiger partial charge on any atom is -0.483 e. The summed E-state index contributed by atoms with van der Waals surface area (Å²) in [6.07, 6.45) is -1.69. The fourth-order valence-electron chi connectivity index (χ4n) is 4.10. The van der Waals surface area contributed by atoms with E-state index in [4.69, 9.17) is 9.90 Å². The Morgan fingerprint density at radius 3 is 2.42 bits per heavy atom. The Balaban J connectivity index is 0.00000115. The number of likely N-dealkylation sites (tertiary alicyclic amines) is 1. The first kappa shape index (κ1) is 27.1. The lowest BCUT2D eigenvalue weighted by Gasteiger charge is -2.30. The number of aromatic nitrogens is 2. The Hall–Kier alpha value is -3.45. The molecule has 194 valence electrons. The smallest absolute Gasteiger partial charge is 0.416 e. The maximum atomic E-state index is 13.3. The van der Waals surface area contributed by atoms with Crippen molar-refractivity contribution in [2.24, 2.45) is 0 Å². The Morgan fingerprint density at radius 1 is 1.14 bits per heavy atom. The van der Waals surface area contributed by atoms with Crippen LogP contribution in [0.15, 0.2) is 42.5 Å². The number of fused-ring (bicyclic) bond motifs is 1. The standard InChI is InChI=1S/C22H24F3N5O2S.CH2O2/c1-30-11-5-6-15(13-30)26-21-17-8-4-3-7-16(17)20(27-28-21)18-10-9-14(22(23,24)25)12-19(18)29-33(2,31)32;2-1-3/h3-4,7-10,12,15,29H,5-6,11,13H2,1-2H3,(H,26,28);1H,(H,2,3)/t15-;/m1./s1. The molecule has 2 aromatic carbocycles. The van der Waals surface area contributed by atoms with Gasteiger partial charge in [-0.15, -0.1) is 10.2 Å². The number of hydrogen-bond acceptors (Lipinski definition) is 7. The Labute approximate surface area is 206 Å². The molecule has 3 N–H and O–H groups in total. The summed E-state index contributed by atoms with van der Waals surface area (Å²) < 4.78 is 65.8. The number of nitrogens with one attached hydrogen (secondary N) is 2. The van der Waals surface area contributed by atoms with Crippen molar-refractivity contribution >= 4 is 38.8 Å². The van der Waals surface area contributed by atoms with Crippen LogP contribution in [0.2, 0.25) is 0 Å². The predicted molar refractivity (Wildman–Crippen MR) is 131 cm³/mol. The topological polar surface area (TPSA) is 125 Å². The van der Waals surface area contributed by atoms with Crippen LogP contribution in [-0.2, 0) is 21.0 Å². The van der Waals surface area contributed by atoms with E-state index in [0.717, 1.165) is 49.7 Å². The zero-order valence-corrected chi connectivity index (χ0v) is 20.4. The van der Waals surface area contributed by atoms with Gasteiger partial charge < -0.3 is 15.3 Å². The third kappa shape index (κ3) is 6.82. The van der Waals surface area contributed by atoms with E-state index >= 15 is 0 Å². The minimum atomic E-state index is -4.62. The molecule has 3 aromatic rings. The molecule has 13 heteroatoms. The summed E-state index contributed by atoms with van der Waals surface area (Å²) in [5.74, 6) is 0.583. The van der Waals surface area contributed by atoms with E-state index in [-0.39, 0.29) is 29.5 Å². The summed E-state index contributed by atoms with van der Waals surface area (Å²) in [5, 5.41) is 20.4. The number of hydrogen-bond donors (Lipinski definition) is 3. The zero-order valence-electron chi connectivity index (χ0n) is 19.6. The van der Waals surface area contributed by atoms with Crippen LogP contribution in [0.25, 0.3) is 22.0 Å². The summed E-state index contributed by atoms with van der Waals surface area (Å²) in [6, 6.07) is 10.4. The van der Waals surface area contributed by atoms with Crippen LogP contribution in [0.1, 0.15) is 18.4 Å². The van der Waals surface area contributed by atoms with Crippen molar-refractivity contribution in [1.82, 2.24) is 15.1 Å². The molecule has 1 aliphatic rings. The minimum absolute atomic E-state index is 0.195. The van der Waals surface area contributed by atoms with E-state index in [1.54, 1.807) is 12.1 Å². The molecule has 1 atom stereocenters. The van der Waals surface area contributed by atoms with Gasteiger partial charge in [0.15, 0.2) is 5.82 Å². The van der Waals surface area contributed by atoms with Crippen molar-refractivity contribution in [3.05, 3.63) is 48.0 Å². The maximum absolute atomic E-state index is 13.3. The van der Waals surface area contributed by atoms with E-state index in [0.29, 0.717) is 11.2 Å². The molecular formula is C23H26F3N5O4S. The average Bonchev–Trinajstić information content (AvgIpc) is 2.78. The first-order valence-electron chi connectivity index (χ1n) is 10.9. The molecular weight excluding hydrogens is 499 g/mol. The molecule has 0 radical (unpaired) electrons. The largest absolute Gasteiger partial charge is 0.483 e. The summed E-state index contributed by atoms with van der Waals surface area (Å²) in [7, 11) is -1.78. The van der Waals surface area contributed by atoms with Crippen LogP contribution >= 0.6 is 0 Å². The molecule has 0 amide bonds. The highest BCUT2D eigenvalue weighted by Crippen LogP contribution is 2.38. The maximum Gasteiger partial charge on any atom is 0.416 e. The number of anilines is 2. The quantitative estimate of drug-likeness (QED) is 0.429. The van der Waals surface area contributed by atoms with Crippen LogP contribution < -0.4 is 10.0 Å². The van der Waals surface area contributed by atoms with Gasteiger partial charge in [0.05, 0.1) is 17.5 Å². The van der Waals surface area contributed by atoms with Gasteiger partial charge in [0.25, 0.3) is 6.47 Å². The number of rotatable bonds is 5. The molecule has 0 saturated carbocycles. The number of carbonyl (C=O) groups is 1. The first-order valence-corrected chi connectivity index (χ1v) is 12.8. The molecule has 0 bridgehead atoms. The number of piperidine rings is 1. The highest BCUT2D eigenvalue weighted by atomic mass is 32.2. The van der Waals surface area contributed by atoms with Gasteiger partial charge >= 0.3 is 6.18 Å². The fourth-order valence-corrected chi connectivity index (χ4v) is 4.67. The first-order chi connectivity index (χ1) is 16.9. The molecule has 0 aliphatic carbocycles. The molecule has 1 aliphatic heterocycles. The van der Waals surface area contributed by atoms with Crippen molar-refractivity contribution in [3.8, 4) is 11.3 Å². The van der Waals surface area contributed by atoms with Crippen molar-refractivity contribution < 1.29 is 31.5 Å². The number of nitrogens with zero attached hydrogens (tertiary/aromatic N) is 3. The van der Waals surface area contributed by atoms with Gasteiger partial charge in [-0.05, 0) is 44.6 Å². The van der Waals surface area contributed by atoms with E-state index in [9.17, 15) is 21.6 Å². The van der Waals surface area contributed by atoms with E-state index in [2.05, 4.69) is 32.2 Å². The van der Waals surface area contributed by atoms with E-state index in [1.165, 1.54) is 6.07 Å². The second-order valence-corrected chi connectivity index (χ2v) is 10.2. The van der Waals surface area contributed by atoms with Gasteiger partial charge in [0.1, 0.15) is 5.69 Å².